The maximum atomic E-state index is 13.5. The Balaban J connectivity index is 1.74. The highest BCUT2D eigenvalue weighted by Gasteiger charge is 2.30. The molecule has 1 aliphatic rings. The largest absolute Gasteiger partial charge is 0.377 e. The fourth-order valence-electron chi connectivity index (χ4n) is 3.90. The number of rotatable bonds is 6. The first kappa shape index (κ1) is 22.2. The molecule has 31 heavy (non-hydrogen) atoms. The van der Waals surface area contributed by atoms with E-state index < -0.39 is 10.0 Å². The first-order chi connectivity index (χ1) is 14.8. The first-order valence-electron chi connectivity index (χ1n) is 10.2. The fraction of sp³-hybridized carbons (Fsp3) is 0.348. The molecule has 1 fully saturated rings. The van der Waals surface area contributed by atoms with Gasteiger partial charge in [-0.15, -0.1) is 0 Å². The highest BCUT2D eigenvalue weighted by atomic mass is 79.9. The van der Waals surface area contributed by atoms with Crippen molar-refractivity contribution < 1.29 is 13.2 Å². The Morgan fingerprint density at radius 3 is 2.58 bits per heavy atom. The summed E-state index contributed by atoms with van der Waals surface area (Å²) in [5.74, 6) is 0. The Bertz CT molecular complexity index is 1260. The lowest BCUT2D eigenvalue weighted by Gasteiger charge is -2.25. The lowest BCUT2D eigenvalue weighted by atomic mass is 10.0. The summed E-state index contributed by atoms with van der Waals surface area (Å²) in [6.45, 7) is 4.79. The van der Waals surface area contributed by atoms with Crippen LogP contribution in [0.2, 0.25) is 0 Å². The Labute approximate surface area is 190 Å². The molecule has 0 radical (unpaired) electrons. The minimum absolute atomic E-state index is 0.0174. The van der Waals surface area contributed by atoms with Gasteiger partial charge in [-0.25, -0.2) is 8.42 Å². The number of H-pyrrole nitrogens is 1. The second kappa shape index (κ2) is 8.86. The van der Waals surface area contributed by atoms with E-state index in [1.165, 1.54) is 4.31 Å². The van der Waals surface area contributed by atoms with Gasteiger partial charge in [-0.3, -0.25) is 4.79 Å². The molecule has 164 valence electrons. The number of nitrogens with zero attached hydrogens (tertiary/aromatic N) is 1. The number of aromatic amines is 1. The van der Waals surface area contributed by atoms with Crippen LogP contribution in [-0.4, -0.2) is 37.0 Å². The maximum Gasteiger partial charge on any atom is 0.252 e. The van der Waals surface area contributed by atoms with Crippen LogP contribution in [0.25, 0.3) is 10.9 Å². The zero-order valence-corrected chi connectivity index (χ0v) is 19.9. The molecule has 1 N–H and O–H groups in total. The summed E-state index contributed by atoms with van der Waals surface area (Å²) in [5, 5.41) is 0.885. The minimum Gasteiger partial charge on any atom is -0.377 e. The maximum absolute atomic E-state index is 13.5. The molecule has 0 amide bonds. The van der Waals surface area contributed by atoms with Crippen LogP contribution in [0, 0.1) is 13.8 Å². The fourth-order valence-corrected chi connectivity index (χ4v) is 5.61. The van der Waals surface area contributed by atoms with Crippen LogP contribution in [0.15, 0.2) is 56.6 Å². The van der Waals surface area contributed by atoms with Crippen LogP contribution < -0.4 is 5.56 Å². The average molecular weight is 505 g/mol. The van der Waals surface area contributed by atoms with Crippen LogP contribution in [-0.2, 0) is 21.3 Å². The predicted molar refractivity (Wildman–Crippen MR) is 125 cm³/mol. The second-order valence-corrected chi connectivity index (χ2v) is 10.8. The van der Waals surface area contributed by atoms with E-state index in [-0.39, 0.29) is 29.6 Å². The average Bonchev–Trinajstić information content (AvgIpc) is 3.25. The van der Waals surface area contributed by atoms with Crippen LogP contribution in [0.3, 0.4) is 0 Å². The van der Waals surface area contributed by atoms with Crippen molar-refractivity contribution in [2.75, 3.05) is 13.2 Å². The van der Waals surface area contributed by atoms with E-state index >= 15 is 0 Å². The van der Waals surface area contributed by atoms with Gasteiger partial charge < -0.3 is 9.72 Å². The zero-order chi connectivity index (χ0) is 22.2. The van der Waals surface area contributed by atoms with Gasteiger partial charge in [-0.2, -0.15) is 4.31 Å². The van der Waals surface area contributed by atoms with Gasteiger partial charge in [0.2, 0.25) is 10.0 Å². The molecule has 8 heteroatoms. The van der Waals surface area contributed by atoms with E-state index in [1.54, 1.807) is 30.3 Å². The smallest absolute Gasteiger partial charge is 0.252 e. The summed E-state index contributed by atoms with van der Waals surface area (Å²) in [5.41, 5.74) is 3.03. The molecule has 3 aromatic rings. The Kier molecular flexibility index (Phi) is 6.35. The Hall–Kier alpha value is -2.00. The number of aryl methyl sites for hydroxylation is 2. The van der Waals surface area contributed by atoms with Crippen molar-refractivity contribution in [2.24, 2.45) is 0 Å². The highest BCUT2D eigenvalue weighted by Crippen LogP contribution is 2.24. The molecule has 2 heterocycles. The van der Waals surface area contributed by atoms with Gasteiger partial charge in [0.1, 0.15) is 0 Å². The Morgan fingerprint density at radius 1 is 1.16 bits per heavy atom. The van der Waals surface area contributed by atoms with E-state index in [1.807, 2.05) is 26.0 Å². The van der Waals surface area contributed by atoms with Crippen molar-refractivity contribution in [1.82, 2.24) is 9.29 Å². The van der Waals surface area contributed by atoms with Gasteiger partial charge in [-0.05, 0) is 73.5 Å². The summed E-state index contributed by atoms with van der Waals surface area (Å²) in [7, 11) is -3.81. The number of hydrogen-bond donors (Lipinski definition) is 1. The number of ether oxygens (including phenoxy) is 1. The van der Waals surface area contributed by atoms with E-state index in [2.05, 4.69) is 20.9 Å². The quantitative estimate of drug-likeness (QED) is 0.543. The standard InChI is InChI=1S/C23H25BrN2O4S/c1-15-5-6-17-12-18(23(27)25-22(17)16(15)2)13-26(14-20-4-3-11-30-20)31(28,29)21-9-7-19(24)8-10-21/h5-10,12,20H,3-4,11,13-14H2,1-2H3,(H,25,27). The number of fused-ring (bicyclic) bond motifs is 1. The summed E-state index contributed by atoms with van der Waals surface area (Å²) in [6.07, 6.45) is 1.54. The molecule has 0 spiro atoms. The molecule has 4 rings (SSSR count). The van der Waals surface area contributed by atoms with Gasteiger partial charge in [-0.1, -0.05) is 28.1 Å². The second-order valence-electron chi connectivity index (χ2n) is 7.98. The Morgan fingerprint density at radius 2 is 1.90 bits per heavy atom. The van der Waals surface area contributed by atoms with Crippen molar-refractivity contribution in [3.8, 4) is 0 Å². The van der Waals surface area contributed by atoms with E-state index in [4.69, 9.17) is 4.74 Å². The molecular formula is C23H25BrN2O4S. The van der Waals surface area contributed by atoms with Crippen LogP contribution in [0.1, 0.15) is 29.5 Å². The van der Waals surface area contributed by atoms with Crippen LogP contribution in [0.5, 0.6) is 0 Å². The SMILES string of the molecule is Cc1ccc2cc(CN(CC3CCCO3)S(=O)(=O)c3ccc(Br)cc3)c(=O)[nH]c2c1C. The number of hydrogen-bond acceptors (Lipinski definition) is 4. The van der Waals surface area contributed by atoms with Gasteiger partial charge >= 0.3 is 0 Å². The third-order valence-electron chi connectivity index (χ3n) is 5.86. The molecule has 1 atom stereocenters. The summed E-state index contributed by atoms with van der Waals surface area (Å²) in [6, 6.07) is 12.3. The molecule has 1 unspecified atom stereocenters. The normalized spacial score (nSPS) is 17.0. The topological polar surface area (TPSA) is 79.5 Å². The van der Waals surface area contributed by atoms with Gasteiger partial charge in [0.05, 0.1) is 16.5 Å². The van der Waals surface area contributed by atoms with Crippen molar-refractivity contribution in [3.05, 3.63) is 74.0 Å². The molecule has 1 saturated heterocycles. The van der Waals surface area contributed by atoms with Gasteiger partial charge in [0.25, 0.3) is 5.56 Å². The van der Waals surface area contributed by atoms with Crippen LogP contribution in [0.4, 0.5) is 0 Å². The number of benzene rings is 2. The van der Waals surface area contributed by atoms with Crippen molar-refractivity contribution >= 4 is 36.9 Å². The van der Waals surface area contributed by atoms with E-state index in [0.717, 1.165) is 39.3 Å². The predicted octanol–water partition coefficient (Wildman–Crippen LogP) is 4.28. The summed E-state index contributed by atoms with van der Waals surface area (Å²) < 4.78 is 34.8. The van der Waals surface area contributed by atoms with Crippen molar-refractivity contribution in [1.29, 1.82) is 0 Å². The van der Waals surface area contributed by atoms with Crippen LogP contribution >= 0.6 is 15.9 Å². The van der Waals surface area contributed by atoms with Crippen molar-refractivity contribution in [2.45, 2.75) is 44.2 Å². The molecule has 1 aromatic heterocycles. The molecule has 2 aromatic carbocycles. The highest BCUT2D eigenvalue weighted by molar-refractivity contribution is 9.10. The van der Waals surface area contributed by atoms with E-state index in [0.29, 0.717) is 12.2 Å². The van der Waals surface area contributed by atoms with Gasteiger partial charge in [0.15, 0.2) is 0 Å². The number of pyridine rings is 1. The number of nitrogens with one attached hydrogen (secondary N) is 1. The molecule has 0 aliphatic carbocycles. The van der Waals surface area contributed by atoms with Crippen molar-refractivity contribution in [3.63, 3.8) is 0 Å². The first-order valence-corrected chi connectivity index (χ1v) is 12.5. The molecule has 0 bridgehead atoms. The molecule has 1 aliphatic heterocycles. The molecular weight excluding hydrogens is 480 g/mol. The lowest BCUT2D eigenvalue weighted by Crippen LogP contribution is -2.38. The minimum atomic E-state index is -3.81. The molecule has 6 nitrogen and oxygen atoms in total. The summed E-state index contributed by atoms with van der Waals surface area (Å²) >= 11 is 3.34. The monoisotopic (exact) mass is 504 g/mol. The van der Waals surface area contributed by atoms with Gasteiger partial charge in [0, 0.05) is 29.7 Å². The summed E-state index contributed by atoms with van der Waals surface area (Å²) in [4.78, 5) is 16.0. The van der Waals surface area contributed by atoms with E-state index in [9.17, 15) is 13.2 Å². The third-order valence-corrected chi connectivity index (χ3v) is 8.21. The third kappa shape index (κ3) is 4.62. The lowest BCUT2D eigenvalue weighted by molar-refractivity contribution is 0.0925. The molecule has 0 saturated carbocycles. The number of aromatic nitrogens is 1. The zero-order valence-electron chi connectivity index (χ0n) is 17.5. The number of halogens is 1. The number of sulfonamides is 1.